The first-order valence-electron chi connectivity index (χ1n) is 7.07. The molecule has 0 spiro atoms. The van der Waals surface area contributed by atoms with Crippen LogP contribution in [0.15, 0.2) is 29.2 Å². The standard InChI is InChI=1S/C14H21NO6S2/c1-3-4-5-13(14(16)17)15-23(20,21)12-8-6-11(7-9-12)10-22(2,18)19/h6-9,13,15H,3-5,10H2,1-2H3,(H,16,17)/t13-/m0/s1. The van der Waals surface area contributed by atoms with Gasteiger partial charge in [-0.05, 0) is 24.1 Å². The van der Waals surface area contributed by atoms with Gasteiger partial charge < -0.3 is 5.11 Å². The highest BCUT2D eigenvalue weighted by Gasteiger charge is 2.24. The van der Waals surface area contributed by atoms with E-state index in [0.717, 1.165) is 12.7 Å². The van der Waals surface area contributed by atoms with Crippen LogP contribution in [0, 0.1) is 0 Å². The highest BCUT2D eigenvalue weighted by Crippen LogP contribution is 2.14. The lowest BCUT2D eigenvalue weighted by Crippen LogP contribution is -2.40. The van der Waals surface area contributed by atoms with Crippen molar-refractivity contribution in [1.82, 2.24) is 4.72 Å². The number of nitrogens with one attached hydrogen (secondary N) is 1. The third-order valence-electron chi connectivity index (χ3n) is 3.10. The van der Waals surface area contributed by atoms with E-state index in [1.807, 2.05) is 6.92 Å². The number of carboxylic acid groups (broad SMARTS) is 1. The fourth-order valence-electron chi connectivity index (χ4n) is 1.96. The summed E-state index contributed by atoms with van der Waals surface area (Å²) in [5.74, 6) is -1.41. The third-order valence-corrected chi connectivity index (χ3v) is 5.45. The van der Waals surface area contributed by atoms with E-state index in [2.05, 4.69) is 4.72 Å². The van der Waals surface area contributed by atoms with Crippen molar-refractivity contribution in [2.24, 2.45) is 0 Å². The van der Waals surface area contributed by atoms with Gasteiger partial charge in [-0.25, -0.2) is 16.8 Å². The van der Waals surface area contributed by atoms with E-state index >= 15 is 0 Å². The van der Waals surface area contributed by atoms with Crippen LogP contribution in [-0.4, -0.2) is 40.2 Å². The number of hydrogen-bond donors (Lipinski definition) is 2. The number of sulfonamides is 1. The summed E-state index contributed by atoms with van der Waals surface area (Å²) in [7, 11) is -7.18. The van der Waals surface area contributed by atoms with Gasteiger partial charge >= 0.3 is 5.97 Å². The van der Waals surface area contributed by atoms with Crippen molar-refractivity contribution in [1.29, 1.82) is 0 Å². The number of rotatable bonds is 9. The zero-order chi connectivity index (χ0) is 17.7. The van der Waals surface area contributed by atoms with Crippen molar-refractivity contribution in [2.45, 2.75) is 42.9 Å². The number of benzene rings is 1. The van der Waals surface area contributed by atoms with Gasteiger partial charge in [0.25, 0.3) is 0 Å². The van der Waals surface area contributed by atoms with Crippen molar-refractivity contribution in [3.05, 3.63) is 29.8 Å². The quantitative estimate of drug-likeness (QED) is 0.679. The normalized spacial score (nSPS) is 13.7. The van der Waals surface area contributed by atoms with E-state index in [4.69, 9.17) is 5.11 Å². The first-order chi connectivity index (χ1) is 10.5. The molecule has 0 saturated carbocycles. The van der Waals surface area contributed by atoms with Crippen LogP contribution in [0.3, 0.4) is 0 Å². The largest absolute Gasteiger partial charge is 0.480 e. The van der Waals surface area contributed by atoms with E-state index in [1.165, 1.54) is 24.3 Å². The van der Waals surface area contributed by atoms with Crippen LogP contribution >= 0.6 is 0 Å². The van der Waals surface area contributed by atoms with Gasteiger partial charge in [-0.3, -0.25) is 4.79 Å². The molecular weight excluding hydrogens is 342 g/mol. The topological polar surface area (TPSA) is 118 Å². The van der Waals surface area contributed by atoms with E-state index in [0.29, 0.717) is 12.0 Å². The average molecular weight is 363 g/mol. The average Bonchev–Trinajstić information content (AvgIpc) is 2.42. The van der Waals surface area contributed by atoms with Crippen molar-refractivity contribution >= 4 is 25.8 Å². The van der Waals surface area contributed by atoms with Crippen LogP contribution in [0.5, 0.6) is 0 Å². The lowest BCUT2D eigenvalue weighted by Gasteiger charge is -2.14. The number of aliphatic carboxylic acids is 1. The Bertz CT molecular complexity index is 738. The van der Waals surface area contributed by atoms with Crippen molar-refractivity contribution in [3.63, 3.8) is 0 Å². The van der Waals surface area contributed by atoms with Crippen LogP contribution in [0.4, 0.5) is 0 Å². The molecule has 0 aliphatic heterocycles. The first-order valence-corrected chi connectivity index (χ1v) is 10.6. The van der Waals surface area contributed by atoms with Crippen molar-refractivity contribution in [2.75, 3.05) is 6.26 Å². The van der Waals surface area contributed by atoms with Gasteiger partial charge in [0.2, 0.25) is 10.0 Å². The molecule has 0 unspecified atom stereocenters. The molecule has 0 aromatic heterocycles. The summed E-state index contributed by atoms with van der Waals surface area (Å²) in [5, 5.41) is 9.09. The van der Waals surface area contributed by atoms with Gasteiger partial charge in [-0.2, -0.15) is 4.72 Å². The fraction of sp³-hybridized carbons (Fsp3) is 0.500. The highest BCUT2D eigenvalue weighted by molar-refractivity contribution is 7.90. The summed E-state index contributed by atoms with van der Waals surface area (Å²) < 4.78 is 49.0. The van der Waals surface area contributed by atoms with E-state index in [9.17, 15) is 21.6 Å². The minimum absolute atomic E-state index is 0.0995. The molecule has 1 aromatic rings. The minimum Gasteiger partial charge on any atom is -0.480 e. The first kappa shape index (κ1) is 19.6. The summed E-state index contributed by atoms with van der Waals surface area (Å²) in [4.78, 5) is 11.0. The molecule has 9 heteroatoms. The Morgan fingerprint density at radius 3 is 2.17 bits per heavy atom. The summed E-state index contributed by atoms with van der Waals surface area (Å²) in [5.41, 5.74) is 0.465. The maximum Gasteiger partial charge on any atom is 0.321 e. The summed E-state index contributed by atoms with van der Waals surface area (Å²) >= 11 is 0. The van der Waals surface area contributed by atoms with Crippen molar-refractivity contribution in [3.8, 4) is 0 Å². The van der Waals surface area contributed by atoms with Gasteiger partial charge in [0.05, 0.1) is 10.6 Å². The van der Waals surface area contributed by atoms with E-state index in [-0.39, 0.29) is 17.1 Å². The van der Waals surface area contributed by atoms with Gasteiger partial charge in [-0.15, -0.1) is 0 Å². The molecule has 0 fully saturated rings. The van der Waals surface area contributed by atoms with E-state index in [1.54, 1.807) is 0 Å². The fourth-order valence-corrected chi connectivity index (χ4v) is 3.99. The second kappa shape index (κ2) is 7.89. The maximum atomic E-state index is 12.2. The predicted molar refractivity (Wildman–Crippen MR) is 86.3 cm³/mol. The lowest BCUT2D eigenvalue weighted by atomic mass is 10.1. The van der Waals surface area contributed by atoms with Gasteiger partial charge in [0.15, 0.2) is 9.84 Å². The molecule has 23 heavy (non-hydrogen) atoms. The van der Waals surface area contributed by atoms with Gasteiger partial charge in [-0.1, -0.05) is 31.9 Å². The molecule has 7 nitrogen and oxygen atoms in total. The third kappa shape index (κ3) is 6.67. The molecule has 1 rings (SSSR count). The summed E-state index contributed by atoms with van der Waals surface area (Å²) in [6, 6.07) is 4.15. The molecule has 0 amide bonds. The van der Waals surface area contributed by atoms with Gasteiger partial charge in [0.1, 0.15) is 6.04 Å². The molecule has 0 radical (unpaired) electrons. The zero-order valence-electron chi connectivity index (χ0n) is 13.0. The van der Waals surface area contributed by atoms with Crippen LogP contribution in [0.1, 0.15) is 31.7 Å². The maximum absolute atomic E-state index is 12.2. The minimum atomic E-state index is -3.98. The lowest BCUT2D eigenvalue weighted by molar-refractivity contribution is -0.139. The van der Waals surface area contributed by atoms with Crippen LogP contribution < -0.4 is 4.72 Å². The van der Waals surface area contributed by atoms with Crippen LogP contribution in [0.2, 0.25) is 0 Å². The van der Waals surface area contributed by atoms with Crippen LogP contribution in [0.25, 0.3) is 0 Å². The Kier molecular flexibility index (Phi) is 6.72. The molecular formula is C14H21NO6S2. The summed E-state index contributed by atoms with van der Waals surface area (Å²) in [6.45, 7) is 1.88. The number of hydrogen-bond acceptors (Lipinski definition) is 5. The molecule has 0 bridgehead atoms. The Morgan fingerprint density at radius 2 is 1.74 bits per heavy atom. The second-order valence-electron chi connectivity index (χ2n) is 5.37. The molecule has 0 aliphatic rings. The molecule has 0 heterocycles. The van der Waals surface area contributed by atoms with Crippen LogP contribution in [-0.2, 0) is 30.4 Å². The molecule has 0 saturated heterocycles. The SMILES string of the molecule is CCCC[C@H](NS(=O)(=O)c1ccc(CS(C)(=O)=O)cc1)C(=O)O. The number of carbonyl (C=O) groups is 1. The molecule has 2 N–H and O–H groups in total. The smallest absolute Gasteiger partial charge is 0.321 e. The second-order valence-corrected chi connectivity index (χ2v) is 9.22. The number of carboxylic acids is 1. The number of sulfone groups is 1. The molecule has 130 valence electrons. The molecule has 0 aliphatic carbocycles. The monoisotopic (exact) mass is 363 g/mol. The summed E-state index contributed by atoms with van der Waals surface area (Å²) in [6.07, 6.45) is 2.64. The Morgan fingerprint density at radius 1 is 1.17 bits per heavy atom. The molecule has 1 atom stereocenters. The zero-order valence-corrected chi connectivity index (χ0v) is 14.7. The Hall–Kier alpha value is -1.45. The Balaban J connectivity index is 2.92. The van der Waals surface area contributed by atoms with E-state index < -0.39 is 31.9 Å². The predicted octanol–water partition coefficient (Wildman–Crippen LogP) is 1.15. The van der Waals surface area contributed by atoms with Crippen molar-refractivity contribution < 1.29 is 26.7 Å². The molecule has 1 aromatic carbocycles. The highest BCUT2D eigenvalue weighted by atomic mass is 32.2. The Labute approximate surface area is 136 Å². The van der Waals surface area contributed by atoms with Gasteiger partial charge in [0, 0.05) is 6.26 Å². The number of unbranched alkanes of at least 4 members (excludes halogenated alkanes) is 1.